The molecule has 0 spiro atoms. The molecule has 8 nitrogen and oxygen atoms in total. The number of halogens is 2. The van der Waals surface area contributed by atoms with Gasteiger partial charge in [0.1, 0.15) is 12.2 Å². The van der Waals surface area contributed by atoms with Crippen LogP contribution < -0.4 is 10.5 Å². The highest BCUT2D eigenvalue weighted by atomic mass is 35.5. The standard InChI is InChI=1S/C25H22Cl2N2O6/c1-29-20(15-8-7-13-4-2-3-5-14(13)18(15)23(28)30)19(24(31)32)22(21(29)25(33)34)35-11-12-6-9-16(26)17(27)10-12/h2-6,9-10,15,18H,7-8,11H2,1H3,(H2,28,30)(H,31,32)(H,33,34). The third-order valence-corrected chi connectivity index (χ3v) is 7.09. The molecule has 1 aromatic heterocycles. The average Bonchev–Trinajstić information content (AvgIpc) is 3.11. The van der Waals surface area contributed by atoms with Gasteiger partial charge < -0.3 is 25.3 Å². The van der Waals surface area contributed by atoms with Gasteiger partial charge in [-0.05, 0) is 41.7 Å². The molecule has 1 aliphatic rings. The molecule has 35 heavy (non-hydrogen) atoms. The van der Waals surface area contributed by atoms with Gasteiger partial charge in [0.25, 0.3) is 0 Å². The van der Waals surface area contributed by atoms with Crippen molar-refractivity contribution in [2.24, 2.45) is 12.8 Å². The summed E-state index contributed by atoms with van der Waals surface area (Å²) in [6.07, 6.45) is 0.991. The number of hydrogen-bond acceptors (Lipinski definition) is 4. The van der Waals surface area contributed by atoms with Crippen LogP contribution in [0.2, 0.25) is 10.0 Å². The van der Waals surface area contributed by atoms with Gasteiger partial charge in [-0.25, -0.2) is 9.59 Å². The van der Waals surface area contributed by atoms with Crippen LogP contribution in [0.1, 0.15) is 61.5 Å². The van der Waals surface area contributed by atoms with Crippen molar-refractivity contribution in [2.45, 2.75) is 31.3 Å². The van der Waals surface area contributed by atoms with Crippen LogP contribution in [0.5, 0.6) is 5.75 Å². The molecule has 4 rings (SSSR count). The third-order valence-electron chi connectivity index (χ3n) is 6.35. The molecule has 0 saturated carbocycles. The number of amides is 1. The van der Waals surface area contributed by atoms with Crippen molar-refractivity contribution in [3.63, 3.8) is 0 Å². The highest BCUT2D eigenvalue weighted by Crippen LogP contribution is 2.46. The topological polar surface area (TPSA) is 132 Å². The van der Waals surface area contributed by atoms with E-state index in [0.29, 0.717) is 29.0 Å². The van der Waals surface area contributed by atoms with Gasteiger partial charge in [0.15, 0.2) is 11.4 Å². The van der Waals surface area contributed by atoms with Crippen molar-refractivity contribution >= 4 is 41.0 Å². The molecular weight excluding hydrogens is 495 g/mol. The number of hydrogen-bond donors (Lipinski definition) is 3. The molecule has 1 heterocycles. The van der Waals surface area contributed by atoms with E-state index in [4.69, 9.17) is 33.7 Å². The largest absolute Gasteiger partial charge is 0.485 e. The quantitative estimate of drug-likeness (QED) is 0.420. The number of carbonyl (C=O) groups is 3. The van der Waals surface area contributed by atoms with Gasteiger partial charge in [0, 0.05) is 18.7 Å². The summed E-state index contributed by atoms with van der Waals surface area (Å²) >= 11 is 12.0. The molecule has 2 unspecified atom stereocenters. The van der Waals surface area contributed by atoms with Crippen LogP contribution in [0.3, 0.4) is 0 Å². The van der Waals surface area contributed by atoms with Gasteiger partial charge >= 0.3 is 11.9 Å². The molecule has 0 bridgehead atoms. The number of nitrogens with zero attached hydrogens (tertiary/aromatic N) is 1. The number of nitrogens with two attached hydrogens (primary N) is 1. The Morgan fingerprint density at radius 1 is 1.09 bits per heavy atom. The first-order valence-corrected chi connectivity index (χ1v) is 11.5. The maximum absolute atomic E-state index is 12.6. The van der Waals surface area contributed by atoms with Crippen molar-refractivity contribution in [3.05, 3.63) is 86.2 Å². The lowest BCUT2D eigenvalue weighted by Gasteiger charge is -2.32. The maximum atomic E-state index is 12.6. The number of rotatable bonds is 7. The second-order valence-corrected chi connectivity index (χ2v) is 9.18. The SMILES string of the molecule is Cn1c(C(=O)O)c(OCc2ccc(Cl)c(Cl)c2)c(C(=O)O)c1C1CCc2ccccc2C1C(N)=O. The number of carbonyl (C=O) groups excluding carboxylic acids is 1. The number of carboxylic acid groups (broad SMARTS) is 2. The Hall–Kier alpha value is -3.49. The first-order chi connectivity index (χ1) is 16.6. The lowest BCUT2D eigenvalue weighted by molar-refractivity contribution is -0.120. The smallest absolute Gasteiger partial charge is 0.356 e. The number of aryl methyl sites for hydroxylation is 1. The molecule has 1 aliphatic carbocycles. The number of ether oxygens (including phenoxy) is 1. The minimum absolute atomic E-state index is 0.145. The molecule has 0 fully saturated rings. The zero-order valence-electron chi connectivity index (χ0n) is 18.6. The molecule has 0 saturated heterocycles. The van der Waals surface area contributed by atoms with Gasteiger partial charge in [-0.2, -0.15) is 0 Å². The molecule has 4 N–H and O–H groups in total. The van der Waals surface area contributed by atoms with E-state index in [-0.39, 0.29) is 34.3 Å². The summed E-state index contributed by atoms with van der Waals surface area (Å²) in [4.78, 5) is 37.3. The highest BCUT2D eigenvalue weighted by Gasteiger charge is 2.41. The number of carboxylic acids is 2. The summed E-state index contributed by atoms with van der Waals surface area (Å²) in [7, 11) is 1.45. The first-order valence-electron chi connectivity index (χ1n) is 10.7. The Labute approximate surface area is 210 Å². The van der Waals surface area contributed by atoms with Gasteiger partial charge in [0.2, 0.25) is 5.91 Å². The maximum Gasteiger partial charge on any atom is 0.356 e. The van der Waals surface area contributed by atoms with E-state index in [2.05, 4.69) is 0 Å². The van der Waals surface area contributed by atoms with Gasteiger partial charge in [-0.1, -0.05) is 53.5 Å². The van der Waals surface area contributed by atoms with Crippen LogP contribution in [-0.4, -0.2) is 32.6 Å². The van der Waals surface area contributed by atoms with E-state index < -0.39 is 29.7 Å². The Bertz CT molecular complexity index is 1350. The Balaban J connectivity index is 1.85. The van der Waals surface area contributed by atoms with Crippen molar-refractivity contribution in [1.29, 1.82) is 0 Å². The zero-order valence-corrected chi connectivity index (χ0v) is 20.1. The number of aromatic nitrogens is 1. The fraction of sp³-hybridized carbons (Fsp3) is 0.240. The lowest BCUT2D eigenvalue weighted by atomic mass is 9.72. The minimum atomic E-state index is -1.37. The van der Waals surface area contributed by atoms with Crippen molar-refractivity contribution in [3.8, 4) is 5.75 Å². The molecule has 2 atom stereocenters. The van der Waals surface area contributed by atoms with Crippen molar-refractivity contribution < 1.29 is 29.3 Å². The van der Waals surface area contributed by atoms with Gasteiger partial charge in [0.05, 0.1) is 16.0 Å². The highest BCUT2D eigenvalue weighted by molar-refractivity contribution is 6.42. The summed E-state index contributed by atoms with van der Waals surface area (Å²) in [5, 5.41) is 20.7. The van der Waals surface area contributed by atoms with Crippen LogP contribution in [-0.2, 0) is 24.9 Å². The van der Waals surface area contributed by atoms with Crippen LogP contribution in [0.4, 0.5) is 0 Å². The summed E-state index contributed by atoms with van der Waals surface area (Å²) in [5.74, 6) is -5.12. The fourth-order valence-corrected chi connectivity index (χ4v) is 5.21. The molecule has 3 aromatic rings. The summed E-state index contributed by atoms with van der Waals surface area (Å²) < 4.78 is 7.07. The predicted molar refractivity (Wildman–Crippen MR) is 130 cm³/mol. The second-order valence-electron chi connectivity index (χ2n) is 8.37. The molecule has 1 amide bonds. The predicted octanol–water partition coefficient (Wildman–Crippen LogP) is 4.61. The lowest BCUT2D eigenvalue weighted by Crippen LogP contribution is -2.32. The summed E-state index contributed by atoms with van der Waals surface area (Å²) in [6.45, 7) is -0.145. The average molecular weight is 517 g/mol. The molecular formula is C25H22Cl2N2O6. The van der Waals surface area contributed by atoms with Crippen LogP contribution in [0.15, 0.2) is 42.5 Å². The molecule has 0 aliphatic heterocycles. The number of primary amides is 1. The summed E-state index contributed by atoms with van der Waals surface area (Å²) in [6, 6.07) is 12.1. The Morgan fingerprint density at radius 2 is 1.80 bits per heavy atom. The zero-order chi connectivity index (χ0) is 25.4. The Kier molecular flexibility index (Phi) is 6.78. The number of aromatic carboxylic acids is 2. The molecule has 10 heteroatoms. The first kappa shape index (κ1) is 24.6. The fourth-order valence-electron chi connectivity index (χ4n) is 4.89. The minimum Gasteiger partial charge on any atom is -0.485 e. The van der Waals surface area contributed by atoms with Crippen molar-refractivity contribution in [2.75, 3.05) is 0 Å². The molecule has 182 valence electrons. The Morgan fingerprint density at radius 3 is 2.43 bits per heavy atom. The second kappa shape index (κ2) is 9.64. The number of fused-ring (bicyclic) bond motifs is 1. The van der Waals surface area contributed by atoms with E-state index in [0.717, 1.165) is 5.56 Å². The normalized spacial score (nSPS) is 17.0. The van der Waals surface area contributed by atoms with E-state index in [1.54, 1.807) is 30.3 Å². The van der Waals surface area contributed by atoms with Crippen LogP contribution in [0.25, 0.3) is 0 Å². The van der Waals surface area contributed by atoms with E-state index in [1.165, 1.54) is 11.6 Å². The van der Waals surface area contributed by atoms with E-state index >= 15 is 0 Å². The van der Waals surface area contributed by atoms with E-state index in [9.17, 15) is 24.6 Å². The molecule has 0 radical (unpaired) electrons. The van der Waals surface area contributed by atoms with Crippen molar-refractivity contribution in [1.82, 2.24) is 4.57 Å². The number of benzene rings is 2. The van der Waals surface area contributed by atoms with Crippen LogP contribution >= 0.6 is 23.2 Å². The third kappa shape index (κ3) is 4.47. The van der Waals surface area contributed by atoms with Gasteiger partial charge in [-0.3, -0.25) is 4.79 Å². The van der Waals surface area contributed by atoms with E-state index in [1.807, 2.05) is 12.1 Å². The summed E-state index contributed by atoms with van der Waals surface area (Å²) in [5.41, 5.74) is 7.56. The monoisotopic (exact) mass is 516 g/mol. The van der Waals surface area contributed by atoms with Gasteiger partial charge in [-0.15, -0.1) is 0 Å². The van der Waals surface area contributed by atoms with Crippen LogP contribution in [0, 0.1) is 0 Å². The molecule has 2 aromatic carbocycles.